The Balaban J connectivity index is 4.24. The standard InChI is InChI=1S/C51H98O6/c1-6-7-8-9-10-11-20-28-33-38-43-51(54)57-48(45-56-50(53)42-37-32-27-23-22-25-30-35-40-47(4)5)44-55-49(52)41-36-31-26-21-18-16-14-12-13-15-17-19-24-29-34-39-46(2)3/h46-48H,6-45H2,1-5H3/t48-/m0/s1. The molecule has 0 saturated heterocycles. The van der Waals surface area contributed by atoms with Crippen LogP contribution < -0.4 is 0 Å². The maximum atomic E-state index is 12.7. The summed E-state index contributed by atoms with van der Waals surface area (Å²) in [5.41, 5.74) is 0. The number of esters is 3. The third kappa shape index (κ3) is 45.3. The molecule has 0 aliphatic heterocycles. The lowest BCUT2D eigenvalue weighted by molar-refractivity contribution is -0.167. The molecule has 0 N–H and O–H groups in total. The molecule has 57 heavy (non-hydrogen) atoms. The summed E-state index contributed by atoms with van der Waals surface area (Å²) in [6, 6.07) is 0. The van der Waals surface area contributed by atoms with Gasteiger partial charge >= 0.3 is 17.9 Å². The maximum absolute atomic E-state index is 12.7. The molecule has 0 aliphatic carbocycles. The smallest absolute Gasteiger partial charge is 0.306 e. The van der Waals surface area contributed by atoms with E-state index >= 15 is 0 Å². The largest absolute Gasteiger partial charge is 0.462 e. The molecule has 0 aromatic heterocycles. The second kappa shape index (κ2) is 44.0. The average molecular weight is 807 g/mol. The Hall–Kier alpha value is -1.59. The van der Waals surface area contributed by atoms with Crippen molar-refractivity contribution in [3.63, 3.8) is 0 Å². The number of hydrogen-bond acceptors (Lipinski definition) is 6. The lowest BCUT2D eigenvalue weighted by Crippen LogP contribution is -2.30. The van der Waals surface area contributed by atoms with Gasteiger partial charge in [-0.1, -0.05) is 240 Å². The topological polar surface area (TPSA) is 78.9 Å². The molecule has 0 rings (SSSR count). The Morgan fingerprint density at radius 1 is 0.333 bits per heavy atom. The predicted molar refractivity (Wildman–Crippen MR) is 243 cm³/mol. The van der Waals surface area contributed by atoms with Gasteiger partial charge in [-0.2, -0.15) is 0 Å². The van der Waals surface area contributed by atoms with Gasteiger partial charge in [0.1, 0.15) is 13.2 Å². The minimum absolute atomic E-state index is 0.0641. The van der Waals surface area contributed by atoms with Gasteiger partial charge in [0.2, 0.25) is 0 Å². The van der Waals surface area contributed by atoms with Gasteiger partial charge in [-0.3, -0.25) is 14.4 Å². The fourth-order valence-corrected chi connectivity index (χ4v) is 7.64. The van der Waals surface area contributed by atoms with E-state index in [2.05, 4.69) is 34.6 Å². The van der Waals surface area contributed by atoms with Crippen LogP contribution in [0.2, 0.25) is 0 Å². The zero-order valence-electron chi connectivity index (χ0n) is 39.0. The number of carbonyl (C=O) groups is 3. The van der Waals surface area contributed by atoms with E-state index in [4.69, 9.17) is 14.2 Å². The first-order valence-electron chi connectivity index (χ1n) is 25.2. The molecule has 0 bridgehead atoms. The van der Waals surface area contributed by atoms with Crippen LogP contribution in [-0.2, 0) is 28.6 Å². The summed E-state index contributed by atoms with van der Waals surface area (Å²) in [6.07, 6.45) is 43.8. The first-order chi connectivity index (χ1) is 27.7. The van der Waals surface area contributed by atoms with Gasteiger partial charge in [0.25, 0.3) is 0 Å². The van der Waals surface area contributed by atoms with Gasteiger partial charge in [-0.15, -0.1) is 0 Å². The van der Waals surface area contributed by atoms with Crippen molar-refractivity contribution in [3.05, 3.63) is 0 Å². The SMILES string of the molecule is CCCCCCCCCCCCC(=O)O[C@@H](COC(=O)CCCCCCCCCCCCCCCCCC(C)C)COC(=O)CCCCCCCCCCC(C)C. The van der Waals surface area contributed by atoms with E-state index in [0.29, 0.717) is 19.3 Å². The molecule has 0 unspecified atom stereocenters. The van der Waals surface area contributed by atoms with E-state index in [1.165, 1.54) is 167 Å². The third-order valence-corrected chi connectivity index (χ3v) is 11.5. The Labute approximate surface area is 355 Å². The molecular formula is C51H98O6. The number of carbonyl (C=O) groups excluding carboxylic acids is 3. The molecule has 1 atom stereocenters. The molecule has 0 radical (unpaired) electrons. The van der Waals surface area contributed by atoms with Crippen molar-refractivity contribution >= 4 is 17.9 Å². The molecule has 6 nitrogen and oxygen atoms in total. The van der Waals surface area contributed by atoms with E-state index in [1.807, 2.05) is 0 Å². The normalized spacial score (nSPS) is 12.1. The molecule has 0 heterocycles. The first-order valence-corrected chi connectivity index (χ1v) is 25.2. The monoisotopic (exact) mass is 807 g/mol. The second-order valence-electron chi connectivity index (χ2n) is 18.4. The van der Waals surface area contributed by atoms with Crippen LogP contribution in [0.3, 0.4) is 0 Å². The van der Waals surface area contributed by atoms with Crippen molar-refractivity contribution in [2.24, 2.45) is 11.8 Å². The number of hydrogen-bond donors (Lipinski definition) is 0. The molecular weight excluding hydrogens is 709 g/mol. The predicted octanol–water partition coefficient (Wildman–Crippen LogP) is 16.1. The Bertz CT molecular complexity index is 870. The summed E-state index contributed by atoms with van der Waals surface area (Å²) in [6.45, 7) is 11.3. The van der Waals surface area contributed by atoms with Gasteiger partial charge in [0.05, 0.1) is 0 Å². The Morgan fingerprint density at radius 3 is 0.860 bits per heavy atom. The number of rotatable bonds is 45. The molecule has 0 fully saturated rings. The van der Waals surface area contributed by atoms with E-state index in [1.54, 1.807) is 0 Å². The molecule has 6 heteroatoms. The van der Waals surface area contributed by atoms with Crippen molar-refractivity contribution in [2.45, 2.75) is 285 Å². The Morgan fingerprint density at radius 2 is 0.579 bits per heavy atom. The van der Waals surface area contributed by atoms with Crippen LogP contribution in [0.1, 0.15) is 279 Å². The average Bonchev–Trinajstić information content (AvgIpc) is 3.18. The van der Waals surface area contributed by atoms with Gasteiger partial charge in [0.15, 0.2) is 6.10 Å². The van der Waals surface area contributed by atoms with Crippen molar-refractivity contribution in [1.82, 2.24) is 0 Å². The molecule has 0 saturated carbocycles. The van der Waals surface area contributed by atoms with Crippen LogP contribution in [-0.4, -0.2) is 37.2 Å². The fourth-order valence-electron chi connectivity index (χ4n) is 7.64. The summed E-state index contributed by atoms with van der Waals surface area (Å²) in [4.78, 5) is 37.8. The van der Waals surface area contributed by atoms with Crippen molar-refractivity contribution in [1.29, 1.82) is 0 Å². The molecule has 0 amide bonds. The molecule has 0 aromatic carbocycles. The summed E-state index contributed by atoms with van der Waals surface area (Å²) in [5, 5.41) is 0. The molecule has 0 spiro atoms. The quantitative estimate of drug-likeness (QED) is 0.0346. The van der Waals surface area contributed by atoms with Crippen molar-refractivity contribution < 1.29 is 28.6 Å². The molecule has 0 aromatic rings. The van der Waals surface area contributed by atoms with Crippen LogP contribution in [0.25, 0.3) is 0 Å². The third-order valence-electron chi connectivity index (χ3n) is 11.5. The zero-order valence-corrected chi connectivity index (χ0v) is 39.0. The zero-order chi connectivity index (χ0) is 41.9. The summed E-state index contributed by atoms with van der Waals surface area (Å²) < 4.78 is 16.8. The highest BCUT2D eigenvalue weighted by atomic mass is 16.6. The van der Waals surface area contributed by atoms with E-state index in [0.717, 1.165) is 69.6 Å². The highest BCUT2D eigenvalue weighted by Crippen LogP contribution is 2.17. The highest BCUT2D eigenvalue weighted by molar-refractivity contribution is 5.71. The Kier molecular flexibility index (Phi) is 42.7. The van der Waals surface area contributed by atoms with Crippen LogP contribution in [0.15, 0.2) is 0 Å². The van der Waals surface area contributed by atoms with Crippen molar-refractivity contribution in [3.8, 4) is 0 Å². The highest BCUT2D eigenvalue weighted by Gasteiger charge is 2.19. The summed E-state index contributed by atoms with van der Waals surface area (Å²) >= 11 is 0. The lowest BCUT2D eigenvalue weighted by atomic mass is 10.0. The van der Waals surface area contributed by atoms with Gasteiger partial charge in [0, 0.05) is 19.3 Å². The van der Waals surface area contributed by atoms with Crippen LogP contribution in [0.4, 0.5) is 0 Å². The lowest BCUT2D eigenvalue weighted by Gasteiger charge is -2.18. The van der Waals surface area contributed by atoms with Gasteiger partial charge < -0.3 is 14.2 Å². The minimum Gasteiger partial charge on any atom is -0.462 e. The van der Waals surface area contributed by atoms with Gasteiger partial charge in [-0.05, 0) is 31.1 Å². The number of ether oxygens (including phenoxy) is 3. The minimum atomic E-state index is -0.760. The second-order valence-corrected chi connectivity index (χ2v) is 18.4. The van der Waals surface area contributed by atoms with Gasteiger partial charge in [-0.25, -0.2) is 0 Å². The van der Waals surface area contributed by atoms with Crippen molar-refractivity contribution in [2.75, 3.05) is 13.2 Å². The van der Waals surface area contributed by atoms with Crippen LogP contribution in [0.5, 0.6) is 0 Å². The first kappa shape index (κ1) is 55.4. The van der Waals surface area contributed by atoms with E-state index < -0.39 is 6.10 Å². The maximum Gasteiger partial charge on any atom is 0.306 e. The summed E-state index contributed by atoms with van der Waals surface area (Å²) in [7, 11) is 0. The van der Waals surface area contributed by atoms with E-state index in [9.17, 15) is 14.4 Å². The van der Waals surface area contributed by atoms with Crippen LogP contribution >= 0.6 is 0 Å². The van der Waals surface area contributed by atoms with E-state index in [-0.39, 0.29) is 31.1 Å². The fraction of sp³-hybridized carbons (Fsp3) is 0.941. The van der Waals surface area contributed by atoms with Crippen LogP contribution in [0, 0.1) is 11.8 Å². The number of unbranched alkanes of at least 4 members (excludes halogenated alkanes) is 30. The molecule has 0 aliphatic rings. The molecule has 338 valence electrons. The summed E-state index contributed by atoms with van der Waals surface area (Å²) in [5.74, 6) is 0.793.